The number of alkyl halides is 1. The number of nitro groups is 2. The monoisotopic (exact) mass is 218 g/mol. The Hall–Kier alpha value is -1.43. The minimum absolute atomic E-state index is 0.305. The maximum Gasteiger partial charge on any atom is 0.272 e. The van der Waals surface area contributed by atoms with E-state index in [2.05, 4.69) is 0 Å². The van der Waals surface area contributed by atoms with Crippen LogP contribution in [0.5, 0.6) is 0 Å². The largest absolute Gasteiger partial charge is 0.272 e. The maximum atomic E-state index is 10.7. The summed E-state index contributed by atoms with van der Waals surface area (Å²) in [7, 11) is 0. The summed E-state index contributed by atoms with van der Waals surface area (Å²) in [5.74, 6) is 0. The van der Waals surface area contributed by atoms with E-state index in [1.165, 1.54) is 19.1 Å². The number of rotatable bonds is 2. The second-order valence-corrected chi connectivity index (χ2v) is 3.54. The van der Waals surface area contributed by atoms with Crippen molar-refractivity contribution in [2.75, 3.05) is 0 Å². The minimum Gasteiger partial charge on any atom is -0.264 e. The lowest BCUT2D eigenvalue weighted by Crippen LogP contribution is -2.43. The van der Waals surface area contributed by atoms with Crippen LogP contribution in [0.4, 0.5) is 0 Å². The van der Waals surface area contributed by atoms with Crippen LogP contribution < -0.4 is 0 Å². The van der Waals surface area contributed by atoms with Crippen molar-refractivity contribution in [1.29, 1.82) is 0 Å². The molecule has 0 radical (unpaired) electrons. The fourth-order valence-electron chi connectivity index (χ4n) is 1.07. The van der Waals surface area contributed by atoms with E-state index in [1.54, 1.807) is 0 Å². The highest BCUT2D eigenvalue weighted by Crippen LogP contribution is 2.28. The fraction of sp³-hybridized carbons (Fsp3) is 0.429. The average molecular weight is 219 g/mol. The van der Waals surface area contributed by atoms with Gasteiger partial charge in [-0.25, -0.2) is 0 Å². The third-order valence-corrected chi connectivity index (χ3v) is 2.63. The van der Waals surface area contributed by atoms with Gasteiger partial charge in [0, 0.05) is 17.9 Å². The van der Waals surface area contributed by atoms with Gasteiger partial charge in [0.1, 0.15) is 5.38 Å². The predicted molar refractivity (Wildman–Crippen MR) is 49.3 cm³/mol. The average Bonchev–Trinajstić information content (AvgIpc) is 2.09. The van der Waals surface area contributed by atoms with Gasteiger partial charge in [0.05, 0.1) is 11.0 Å². The lowest BCUT2D eigenvalue weighted by molar-refractivity contribution is -0.550. The van der Waals surface area contributed by atoms with Crippen molar-refractivity contribution in [1.82, 2.24) is 0 Å². The Kier molecular flexibility index (Phi) is 2.57. The van der Waals surface area contributed by atoms with E-state index in [4.69, 9.17) is 11.6 Å². The van der Waals surface area contributed by atoms with E-state index >= 15 is 0 Å². The van der Waals surface area contributed by atoms with Crippen molar-refractivity contribution >= 4 is 11.6 Å². The van der Waals surface area contributed by atoms with Crippen LogP contribution in [0.25, 0.3) is 0 Å². The summed E-state index contributed by atoms with van der Waals surface area (Å²) >= 11 is 5.69. The molecule has 0 N–H and O–H groups in total. The first-order valence-electron chi connectivity index (χ1n) is 3.72. The molecule has 0 aliphatic heterocycles. The van der Waals surface area contributed by atoms with Gasteiger partial charge in [-0.1, -0.05) is 6.08 Å². The highest BCUT2D eigenvalue weighted by molar-refractivity contribution is 6.22. The summed E-state index contributed by atoms with van der Waals surface area (Å²) in [6.07, 6.45) is 3.38. The number of halogens is 1. The van der Waals surface area contributed by atoms with Crippen molar-refractivity contribution in [2.45, 2.75) is 17.8 Å². The number of hydrogen-bond acceptors (Lipinski definition) is 4. The molecule has 1 aliphatic carbocycles. The van der Waals surface area contributed by atoms with Gasteiger partial charge < -0.3 is 0 Å². The molecule has 0 spiro atoms. The van der Waals surface area contributed by atoms with Crippen LogP contribution in [0, 0.1) is 20.2 Å². The standard InChI is InChI=1S/C7H7ClN2O4/c1-7(10(13)14)4-5(9(11)12)2-3-6(7)8/h2-4,6H,1H3. The number of allylic oxidation sites excluding steroid dienone is 1. The molecular weight excluding hydrogens is 212 g/mol. The molecule has 0 aromatic carbocycles. The fourth-order valence-corrected chi connectivity index (χ4v) is 1.29. The van der Waals surface area contributed by atoms with Gasteiger partial charge in [0.25, 0.3) is 11.2 Å². The molecule has 2 atom stereocenters. The Bertz CT molecular complexity index is 352. The van der Waals surface area contributed by atoms with E-state index < -0.39 is 20.8 Å². The smallest absolute Gasteiger partial charge is 0.264 e. The first-order chi connectivity index (χ1) is 6.38. The summed E-state index contributed by atoms with van der Waals surface area (Å²) in [6, 6.07) is 0. The zero-order valence-corrected chi connectivity index (χ0v) is 7.97. The predicted octanol–water partition coefficient (Wildman–Crippen LogP) is 1.36. The van der Waals surface area contributed by atoms with E-state index in [0.29, 0.717) is 0 Å². The molecule has 0 saturated heterocycles. The van der Waals surface area contributed by atoms with Gasteiger partial charge in [0.2, 0.25) is 0 Å². The summed E-state index contributed by atoms with van der Waals surface area (Å²) in [4.78, 5) is 19.8. The molecule has 7 heteroatoms. The van der Waals surface area contributed by atoms with Crippen LogP contribution in [0.1, 0.15) is 6.92 Å². The highest BCUT2D eigenvalue weighted by Gasteiger charge is 2.46. The molecule has 0 aromatic heterocycles. The molecule has 6 nitrogen and oxygen atoms in total. The molecule has 1 aliphatic rings. The second-order valence-electron chi connectivity index (χ2n) is 3.07. The molecule has 0 heterocycles. The quantitative estimate of drug-likeness (QED) is 0.398. The summed E-state index contributed by atoms with van der Waals surface area (Å²) < 4.78 is 0. The van der Waals surface area contributed by atoms with E-state index in [0.717, 1.165) is 6.08 Å². The molecule has 76 valence electrons. The van der Waals surface area contributed by atoms with Crippen molar-refractivity contribution in [2.24, 2.45) is 0 Å². The zero-order chi connectivity index (χ0) is 10.9. The molecular formula is C7H7ClN2O4. The van der Waals surface area contributed by atoms with Gasteiger partial charge in [-0.05, 0) is 0 Å². The Balaban J connectivity index is 3.14. The van der Waals surface area contributed by atoms with Gasteiger partial charge >= 0.3 is 0 Å². The molecule has 0 aromatic rings. The summed E-state index contributed by atoms with van der Waals surface area (Å²) in [6.45, 7) is 1.25. The first kappa shape index (κ1) is 10.6. The third kappa shape index (κ3) is 1.60. The molecule has 14 heavy (non-hydrogen) atoms. The zero-order valence-electron chi connectivity index (χ0n) is 7.21. The lowest BCUT2D eigenvalue weighted by atomic mass is 9.92. The first-order valence-corrected chi connectivity index (χ1v) is 4.15. The van der Waals surface area contributed by atoms with Crippen molar-refractivity contribution in [3.63, 3.8) is 0 Å². The topological polar surface area (TPSA) is 86.3 Å². The van der Waals surface area contributed by atoms with Gasteiger partial charge in [0.15, 0.2) is 0 Å². The minimum atomic E-state index is -1.61. The normalized spacial score (nSPS) is 31.0. The number of hydrogen-bond donors (Lipinski definition) is 0. The van der Waals surface area contributed by atoms with Crippen molar-refractivity contribution < 1.29 is 9.85 Å². The van der Waals surface area contributed by atoms with E-state index in [1.807, 2.05) is 0 Å². The Morgan fingerprint density at radius 2 is 2.07 bits per heavy atom. The number of nitrogens with zero attached hydrogens (tertiary/aromatic N) is 2. The molecule has 0 fully saturated rings. The van der Waals surface area contributed by atoms with Gasteiger partial charge in [-0.2, -0.15) is 0 Å². The van der Waals surface area contributed by atoms with Crippen LogP contribution in [0.15, 0.2) is 23.9 Å². The van der Waals surface area contributed by atoms with Crippen molar-refractivity contribution in [3.8, 4) is 0 Å². The SMILES string of the molecule is CC1([N+](=O)[O-])C=C([N+](=O)[O-])C=CC1Cl. The van der Waals surface area contributed by atoms with Crippen LogP contribution in [-0.2, 0) is 0 Å². The molecule has 0 bridgehead atoms. The molecule has 1 rings (SSSR count). The molecule has 2 unspecified atom stereocenters. The van der Waals surface area contributed by atoms with E-state index in [9.17, 15) is 20.2 Å². The van der Waals surface area contributed by atoms with Crippen molar-refractivity contribution in [3.05, 3.63) is 44.2 Å². The van der Waals surface area contributed by atoms with Crippen LogP contribution >= 0.6 is 11.6 Å². The van der Waals surface area contributed by atoms with Gasteiger partial charge in [-0.3, -0.25) is 20.2 Å². The molecule has 0 saturated carbocycles. The summed E-state index contributed by atoms with van der Waals surface area (Å²) in [5, 5.41) is 20.2. The summed E-state index contributed by atoms with van der Waals surface area (Å²) in [5.41, 5.74) is -1.92. The third-order valence-electron chi connectivity index (χ3n) is 2.04. The lowest BCUT2D eigenvalue weighted by Gasteiger charge is -2.21. The van der Waals surface area contributed by atoms with Crippen LogP contribution in [-0.4, -0.2) is 20.8 Å². The Morgan fingerprint density at radius 1 is 1.50 bits per heavy atom. The van der Waals surface area contributed by atoms with E-state index in [-0.39, 0.29) is 5.70 Å². The maximum absolute atomic E-state index is 10.7. The van der Waals surface area contributed by atoms with Crippen LogP contribution in [0.2, 0.25) is 0 Å². The Labute approximate surface area is 84.2 Å². The highest BCUT2D eigenvalue weighted by atomic mass is 35.5. The van der Waals surface area contributed by atoms with Gasteiger partial charge in [-0.15, -0.1) is 11.6 Å². The molecule has 0 amide bonds. The Morgan fingerprint density at radius 3 is 2.50 bits per heavy atom. The van der Waals surface area contributed by atoms with Crippen LogP contribution in [0.3, 0.4) is 0 Å². The second kappa shape index (κ2) is 3.38.